The number of anilines is 1. The topological polar surface area (TPSA) is 17.4 Å². The SMILES string of the molecule is Cc1ccc(N2CCO[C@@H]2c2ccn(-c3cccc(F)c3)c2)cc1. The van der Waals surface area contributed by atoms with E-state index in [9.17, 15) is 4.39 Å². The summed E-state index contributed by atoms with van der Waals surface area (Å²) in [4.78, 5) is 2.25. The molecule has 0 radical (unpaired) electrons. The smallest absolute Gasteiger partial charge is 0.158 e. The van der Waals surface area contributed by atoms with Crippen LogP contribution in [0.5, 0.6) is 0 Å². The predicted octanol–water partition coefficient (Wildman–Crippen LogP) is 4.46. The van der Waals surface area contributed by atoms with Crippen molar-refractivity contribution < 1.29 is 9.13 Å². The zero-order valence-corrected chi connectivity index (χ0v) is 13.5. The third kappa shape index (κ3) is 2.81. The predicted molar refractivity (Wildman–Crippen MR) is 92.9 cm³/mol. The van der Waals surface area contributed by atoms with Crippen LogP contribution in [0.2, 0.25) is 0 Å². The van der Waals surface area contributed by atoms with Gasteiger partial charge in [0, 0.05) is 35.9 Å². The molecule has 0 aliphatic carbocycles. The first-order chi connectivity index (χ1) is 11.7. The molecule has 3 nitrogen and oxygen atoms in total. The van der Waals surface area contributed by atoms with Gasteiger partial charge in [0.15, 0.2) is 6.23 Å². The summed E-state index contributed by atoms with van der Waals surface area (Å²) in [5, 5.41) is 0. The molecule has 3 aromatic rings. The quantitative estimate of drug-likeness (QED) is 0.708. The number of rotatable bonds is 3. The molecule has 0 N–H and O–H groups in total. The van der Waals surface area contributed by atoms with E-state index < -0.39 is 0 Å². The molecule has 1 fully saturated rings. The van der Waals surface area contributed by atoms with Gasteiger partial charge >= 0.3 is 0 Å². The summed E-state index contributed by atoms with van der Waals surface area (Å²) in [6, 6.07) is 17.1. The lowest BCUT2D eigenvalue weighted by Crippen LogP contribution is -2.22. The van der Waals surface area contributed by atoms with Gasteiger partial charge < -0.3 is 14.2 Å². The van der Waals surface area contributed by atoms with Crippen LogP contribution in [0, 0.1) is 12.7 Å². The Morgan fingerprint density at radius 1 is 1.04 bits per heavy atom. The molecule has 1 aliphatic heterocycles. The minimum absolute atomic E-state index is 0.109. The van der Waals surface area contributed by atoms with Gasteiger partial charge in [-0.2, -0.15) is 0 Å². The molecule has 122 valence electrons. The van der Waals surface area contributed by atoms with Crippen LogP contribution in [0.25, 0.3) is 5.69 Å². The second-order valence-corrected chi connectivity index (χ2v) is 6.08. The zero-order valence-electron chi connectivity index (χ0n) is 13.5. The molecular weight excluding hydrogens is 303 g/mol. The first-order valence-corrected chi connectivity index (χ1v) is 8.09. The molecule has 0 spiro atoms. The number of nitrogens with zero attached hydrogens (tertiary/aromatic N) is 2. The van der Waals surface area contributed by atoms with Crippen LogP contribution in [0.1, 0.15) is 17.4 Å². The maximum Gasteiger partial charge on any atom is 0.158 e. The van der Waals surface area contributed by atoms with Crippen molar-refractivity contribution in [2.45, 2.75) is 13.2 Å². The highest BCUT2D eigenvalue weighted by molar-refractivity contribution is 5.50. The Morgan fingerprint density at radius 2 is 1.88 bits per heavy atom. The van der Waals surface area contributed by atoms with E-state index in [1.165, 1.54) is 17.7 Å². The second-order valence-electron chi connectivity index (χ2n) is 6.08. The fraction of sp³-hybridized carbons (Fsp3) is 0.200. The lowest BCUT2D eigenvalue weighted by molar-refractivity contribution is 0.114. The summed E-state index contributed by atoms with van der Waals surface area (Å²) < 4.78 is 21.3. The van der Waals surface area contributed by atoms with Crippen LogP contribution in [-0.4, -0.2) is 17.7 Å². The molecule has 1 aliphatic rings. The monoisotopic (exact) mass is 322 g/mol. The van der Waals surface area contributed by atoms with E-state index in [0.29, 0.717) is 6.61 Å². The van der Waals surface area contributed by atoms with Crippen molar-refractivity contribution in [1.82, 2.24) is 4.57 Å². The Morgan fingerprint density at radius 3 is 2.67 bits per heavy atom. The van der Waals surface area contributed by atoms with E-state index in [4.69, 9.17) is 4.74 Å². The van der Waals surface area contributed by atoms with E-state index >= 15 is 0 Å². The van der Waals surface area contributed by atoms with Gasteiger partial charge in [-0.15, -0.1) is 0 Å². The molecule has 1 atom stereocenters. The number of ether oxygens (including phenoxy) is 1. The van der Waals surface area contributed by atoms with Crippen molar-refractivity contribution >= 4 is 5.69 Å². The van der Waals surface area contributed by atoms with E-state index in [0.717, 1.165) is 23.5 Å². The maximum absolute atomic E-state index is 13.4. The van der Waals surface area contributed by atoms with Crippen molar-refractivity contribution in [3.05, 3.63) is 83.9 Å². The number of hydrogen-bond donors (Lipinski definition) is 0. The zero-order chi connectivity index (χ0) is 16.5. The molecule has 0 unspecified atom stereocenters. The molecule has 4 rings (SSSR count). The van der Waals surface area contributed by atoms with Crippen molar-refractivity contribution in [3.63, 3.8) is 0 Å². The summed E-state index contributed by atoms with van der Waals surface area (Å²) in [5.41, 5.74) is 4.27. The van der Waals surface area contributed by atoms with E-state index in [1.807, 2.05) is 29.1 Å². The molecule has 0 amide bonds. The summed E-state index contributed by atoms with van der Waals surface area (Å²) in [6.07, 6.45) is 3.84. The second kappa shape index (κ2) is 6.13. The molecule has 2 heterocycles. The van der Waals surface area contributed by atoms with E-state index in [2.05, 4.69) is 36.1 Å². The molecule has 1 aromatic heterocycles. The Hall–Kier alpha value is -2.59. The van der Waals surface area contributed by atoms with Crippen LogP contribution < -0.4 is 4.90 Å². The highest BCUT2D eigenvalue weighted by Gasteiger charge is 2.27. The first-order valence-electron chi connectivity index (χ1n) is 8.09. The van der Waals surface area contributed by atoms with Crippen molar-refractivity contribution in [2.75, 3.05) is 18.1 Å². The van der Waals surface area contributed by atoms with E-state index in [-0.39, 0.29) is 12.0 Å². The summed E-state index contributed by atoms with van der Waals surface area (Å²) >= 11 is 0. The number of halogens is 1. The van der Waals surface area contributed by atoms with Crippen LogP contribution in [-0.2, 0) is 4.74 Å². The van der Waals surface area contributed by atoms with E-state index in [1.54, 1.807) is 6.07 Å². The molecule has 24 heavy (non-hydrogen) atoms. The van der Waals surface area contributed by atoms with Gasteiger partial charge in [-0.3, -0.25) is 0 Å². The van der Waals surface area contributed by atoms with Crippen molar-refractivity contribution in [1.29, 1.82) is 0 Å². The fourth-order valence-electron chi connectivity index (χ4n) is 3.10. The molecule has 2 aromatic carbocycles. The fourth-order valence-corrected chi connectivity index (χ4v) is 3.10. The first kappa shape index (κ1) is 15.0. The standard InChI is InChI=1S/C20H19FN2O/c1-15-5-7-18(8-6-15)23-11-12-24-20(23)16-9-10-22(14-16)19-4-2-3-17(21)13-19/h2-10,13-14,20H,11-12H2,1H3/t20-/m1/s1. The third-order valence-corrected chi connectivity index (χ3v) is 4.36. The minimum atomic E-state index is -0.235. The number of aryl methyl sites for hydroxylation is 1. The van der Waals surface area contributed by atoms with Crippen LogP contribution in [0.4, 0.5) is 10.1 Å². The Labute approximate surface area is 140 Å². The highest BCUT2D eigenvalue weighted by Crippen LogP contribution is 2.32. The van der Waals surface area contributed by atoms with Gasteiger partial charge in [0.2, 0.25) is 0 Å². The van der Waals surface area contributed by atoms with Gasteiger partial charge in [0.05, 0.1) is 6.61 Å². The third-order valence-electron chi connectivity index (χ3n) is 4.36. The van der Waals surface area contributed by atoms with Gasteiger partial charge in [-0.25, -0.2) is 4.39 Å². The van der Waals surface area contributed by atoms with Crippen LogP contribution in [0.15, 0.2) is 67.0 Å². The van der Waals surface area contributed by atoms with Crippen LogP contribution >= 0.6 is 0 Å². The molecule has 1 saturated heterocycles. The largest absolute Gasteiger partial charge is 0.352 e. The maximum atomic E-state index is 13.4. The Bertz CT molecular complexity index is 841. The average molecular weight is 322 g/mol. The number of aromatic nitrogens is 1. The van der Waals surface area contributed by atoms with Crippen molar-refractivity contribution in [3.8, 4) is 5.69 Å². The summed E-state index contributed by atoms with van der Waals surface area (Å²) in [7, 11) is 0. The molecular formula is C20H19FN2O. The molecule has 4 heteroatoms. The highest BCUT2D eigenvalue weighted by atomic mass is 19.1. The lowest BCUT2D eigenvalue weighted by Gasteiger charge is -2.24. The van der Waals surface area contributed by atoms with Gasteiger partial charge in [-0.05, 0) is 43.3 Å². The summed E-state index contributed by atoms with van der Waals surface area (Å²) in [6.45, 7) is 3.64. The van der Waals surface area contributed by atoms with Crippen LogP contribution in [0.3, 0.4) is 0 Å². The molecule has 0 saturated carbocycles. The normalized spacial score (nSPS) is 17.4. The lowest BCUT2D eigenvalue weighted by atomic mass is 10.2. The molecule has 0 bridgehead atoms. The number of benzene rings is 2. The minimum Gasteiger partial charge on any atom is -0.352 e. The Balaban J connectivity index is 1.62. The number of hydrogen-bond acceptors (Lipinski definition) is 2. The van der Waals surface area contributed by atoms with Gasteiger partial charge in [0.25, 0.3) is 0 Å². The average Bonchev–Trinajstić information content (AvgIpc) is 3.24. The van der Waals surface area contributed by atoms with Gasteiger partial charge in [-0.1, -0.05) is 23.8 Å². The summed E-state index contributed by atoms with van der Waals surface area (Å²) in [5.74, 6) is -0.235. The van der Waals surface area contributed by atoms with Gasteiger partial charge in [0.1, 0.15) is 5.82 Å². The van der Waals surface area contributed by atoms with Crippen molar-refractivity contribution in [2.24, 2.45) is 0 Å². The Kier molecular flexibility index (Phi) is 3.82.